The van der Waals surface area contributed by atoms with Crippen LogP contribution in [0.4, 0.5) is 0 Å². The van der Waals surface area contributed by atoms with Crippen molar-refractivity contribution in [2.24, 2.45) is 5.73 Å². The van der Waals surface area contributed by atoms with Gasteiger partial charge in [-0.3, -0.25) is 0 Å². The van der Waals surface area contributed by atoms with Crippen molar-refractivity contribution in [2.75, 3.05) is 5.75 Å². The molecule has 0 aliphatic carbocycles. The van der Waals surface area contributed by atoms with Gasteiger partial charge in [-0.2, -0.15) is 0 Å². The minimum atomic E-state index is 0. The van der Waals surface area contributed by atoms with Gasteiger partial charge < -0.3 is 5.73 Å². The molecule has 50 valence electrons. The summed E-state index contributed by atoms with van der Waals surface area (Å²) >= 11 is 6.21. The van der Waals surface area contributed by atoms with Crippen molar-refractivity contribution in [3.8, 4) is 0 Å². The van der Waals surface area contributed by atoms with Gasteiger partial charge in [0.2, 0.25) is 0 Å². The molecule has 0 radical (unpaired) electrons. The number of thiocarbonyl (C=S) groups is 1. The van der Waals surface area contributed by atoms with Gasteiger partial charge >= 0.3 is 0 Å². The van der Waals surface area contributed by atoms with Gasteiger partial charge in [-0.05, 0) is 6.42 Å². The van der Waals surface area contributed by atoms with Gasteiger partial charge in [0.25, 0.3) is 0 Å². The Balaban J connectivity index is 0. The molecule has 0 fully saturated rings. The van der Waals surface area contributed by atoms with Gasteiger partial charge in [0.15, 0.2) is 0 Å². The predicted molar refractivity (Wildman–Crippen MR) is 44.2 cm³/mol. The quantitative estimate of drug-likeness (QED) is 0.441. The van der Waals surface area contributed by atoms with Crippen LogP contribution in [0.2, 0.25) is 0 Å². The van der Waals surface area contributed by atoms with Crippen LogP contribution in [0.15, 0.2) is 0 Å². The fourth-order valence-corrected chi connectivity index (χ4v) is 1.20. The van der Waals surface area contributed by atoms with Crippen LogP contribution in [0, 0.1) is 0 Å². The molecular formula is C5H11NS2Zn. The van der Waals surface area contributed by atoms with E-state index in [1.807, 2.05) is 0 Å². The molecule has 0 aliphatic heterocycles. The van der Waals surface area contributed by atoms with E-state index in [4.69, 9.17) is 5.73 Å². The molecule has 0 atom stereocenters. The maximum atomic E-state index is 5.23. The van der Waals surface area contributed by atoms with Crippen LogP contribution >= 0.6 is 24.0 Å². The molecule has 0 spiro atoms. The largest absolute Gasteiger partial charge is 0.385 e. The first-order valence-corrected chi connectivity index (χ1v) is 4.09. The molecular weight excluding hydrogens is 204 g/mol. The van der Waals surface area contributed by atoms with E-state index in [1.54, 1.807) is 11.8 Å². The molecule has 2 N–H and O–H groups in total. The normalized spacial score (nSPS) is 8.11. The Bertz CT molecular complexity index is 77.4. The van der Waals surface area contributed by atoms with Crippen molar-refractivity contribution in [1.82, 2.24) is 0 Å². The number of nitrogens with two attached hydrogens (primary N) is 1. The average molecular weight is 215 g/mol. The van der Waals surface area contributed by atoms with Crippen LogP contribution in [0.25, 0.3) is 0 Å². The van der Waals surface area contributed by atoms with Crippen LogP contribution in [0.1, 0.15) is 19.8 Å². The van der Waals surface area contributed by atoms with Crippen LogP contribution < -0.4 is 5.73 Å². The van der Waals surface area contributed by atoms with E-state index >= 15 is 0 Å². The SMILES string of the molecule is CCCCSC(N)=S.[Zn]. The molecule has 0 aliphatic rings. The Kier molecular flexibility index (Phi) is 12.3. The van der Waals surface area contributed by atoms with Gasteiger partial charge in [-0.25, -0.2) is 0 Å². The summed E-state index contributed by atoms with van der Waals surface area (Å²) in [7, 11) is 0. The fraction of sp³-hybridized carbons (Fsp3) is 0.800. The van der Waals surface area contributed by atoms with Crippen molar-refractivity contribution < 1.29 is 19.5 Å². The molecule has 0 bridgehead atoms. The third-order valence-electron chi connectivity index (χ3n) is 0.742. The maximum Gasteiger partial charge on any atom is 0.131 e. The Morgan fingerprint density at radius 2 is 2.22 bits per heavy atom. The van der Waals surface area contributed by atoms with Gasteiger partial charge in [-0.15, -0.1) is 0 Å². The van der Waals surface area contributed by atoms with Crippen molar-refractivity contribution in [1.29, 1.82) is 0 Å². The molecule has 0 aromatic heterocycles. The molecule has 4 heteroatoms. The molecule has 0 aromatic carbocycles. The first-order valence-electron chi connectivity index (χ1n) is 2.69. The first kappa shape index (κ1) is 12.5. The summed E-state index contributed by atoms with van der Waals surface area (Å²) < 4.78 is 0.568. The number of hydrogen-bond acceptors (Lipinski definition) is 2. The van der Waals surface area contributed by atoms with E-state index in [0.717, 1.165) is 5.75 Å². The number of thioether (sulfide) groups is 1. The summed E-state index contributed by atoms with van der Waals surface area (Å²) in [6.45, 7) is 2.15. The van der Waals surface area contributed by atoms with Crippen LogP contribution in [-0.2, 0) is 19.5 Å². The fourth-order valence-electron chi connectivity index (χ4n) is 0.317. The molecule has 0 amide bonds. The van der Waals surface area contributed by atoms with Crippen molar-refractivity contribution in [3.05, 3.63) is 0 Å². The number of rotatable bonds is 3. The van der Waals surface area contributed by atoms with E-state index in [9.17, 15) is 0 Å². The molecule has 9 heavy (non-hydrogen) atoms. The van der Waals surface area contributed by atoms with Gasteiger partial charge in [0, 0.05) is 25.2 Å². The molecule has 0 heterocycles. The third-order valence-corrected chi connectivity index (χ3v) is 1.87. The second kappa shape index (κ2) is 8.86. The van der Waals surface area contributed by atoms with E-state index < -0.39 is 0 Å². The van der Waals surface area contributed by atoms with E-state index in [0.29, 0.717) is 4.32 Å². The summed E-state index contributed by atoms with van der Waals surface area (Å²) in [6, 6.07) is 0. The first-order chi connectivity index (χ1) is 3.77. The predicted octanol–water partition coefficient (Wildman–Crippen LogP) is 1.76. The minimum absolute atomic E-state index is 0. The topological polar surface area (TPSA) is 26.0 Å². The van der Waals surface area contributed by atoms with E-state index in [2.05, 4.69) is 19.1 Å². The second-order valence-corrected chi connectivity index (χ2v) is 3.36. The van der Waals surface area contributed by atoms with E-state index in [1.165, 1.54) is 12.8 Å². The number of hydrogen-bond donors (Lipinski definition) is 1. The number of unbranched alkanes of at least 4 members (excludes halogenated alkanes) is 1. The molecule has 0 rings (SSSR count). The molecule has 1 nitrogen and oxygen atoms in total. The van der Waals surface area contributed by atoms with Crippen molar-refractivity contribution in [3.63, 3.8) is 0 Å². The molecule has 0 aromatic rings. The second-order valence-electron chi connectivity index (χ2n) is 1.52. The van der Waals surface area contributed by atoms with Crippen molar-refractivity contribution >= 4 is 28.3 Å². The van der Waals surface area contributed by atoms with Crippen LogP contribution in [0.3, 0.4) is 0 Å². The van der Waals surface area contributed by atoms with E-state index in [-0.39, 0.29) is 19.5 Å². The summed E-state index contributed by atoms with van der Waals surface area (Å²) in [6.07, 6.45) is 2.43. The summed E-state index contributed by atoms with van der Waals surface area (Å²) in [4.78, 5) is 0. The summed E-state index contributed by atoms with van der Waals surface area (Å²) in [5.74, 6) is 1.08. The summed E-state index contributed by atoms with van der Waals surface area (Å²) in [5.41, 5.74) is 5.23. The zero-order valence-electron chi connectivity index (χ0n) is 5.72. The van der Waals surface area contributed by atoms with Gasteiger partial charge in [-0.1, -0.05) is 37.3 Å². The molecule has 0 unspecified atom stereocenters. The standard InChI is InChI=1S/C5H11NS2.Zn/c1-2-3-4-8-5(6)7;/h2-4H2,1H3,(H2,6,7);. The zero-order valence-corrected chi connectivity index (χ0v) is 10.3. The Hall–Kier alpha value is 0.863. The Morgan fingerprint density at radius 1 is 1.67 bits per heavy atom. The smallest absolute Gasteiger partial charge is 0.131 e. The van der Waals surface area contributed by atoms with Gasteiger partial charge in [0.1, 0.15) is 4.32 Å². The minimum Gasteiger partial charge on any atom is -0.385 e. The monoisotopic (exact) mass is 213 g/mol. The Morgan fingerprint density at radius 3 is 2.56 bits per heavy atom. The molecule has 0 saturated heterocycles. The van der Waals surface area contributed by atoms with Crippen LogP contribution in [0.5, 0.6) is 0 Å². The molecule has 0 saturated carbocycles. The average Bonchev–Trinajstić information content (AvgIpc) is 1.66. The van der Waals surface area contributed by atoms with Gasteiger partial charge in [0.05, 0.1) is 0 Å². The maximum absolute atomic E-state index is 5.23. The zero-order chi connectivity index (χ0) is 6.41. The third kappa shape index (κ3) is 12.1. The van der Waals surface area contributed by atoms with Crippen LogP contribution in [-0.4, -0.2) is 10.1 Å². The summed E-state index contributed by atoms with van der Waals surface area (Å²) in [5, 5.41) is 0. The Labute approximate surface area is 78.9 Å². The van der Waals surface area contributed by atoms with Crippen molar-refractivity contribution in [2.45, 2.75) is 19.8 Å².